The summed E-state index contributed by atoms with van der Waals surface area (Å²) in [7, 11) is 3.67. The Hall–Kier alpha value is -0.570. The van der Waals surface area contributed by atoms with E-state index in [1.807, 2.05) is 14.1 Å². The molecular weight excluding hydrogens is 176 g/mol. The fourth-order valence-corrected chi connectivity index (χ4v) is 1.94. The maximum atomic E-state index is 11.5. The second kappa shape index (κ2) is 5.35. The minimum atomic E-state index is 0.278. The van der Waals surface area contributed by atoms with E-state index in [0.717, 1.165) is 13.0 Å². The fraction of sp³-hybridized carbons (Fsp3) is 0.909. The summed E-state index contributed by atoms with van der Waals surface area (Å²) in [4.78, 5) is 15.6. The molecule has 1 aliphatic heterocycles. The first-order chi connectivity index (χ1) is 6.63. The second-order valence-electron chi connectivity index (χ2n) is 4.37. The van der Waals surface area contributed by atoms with Gasteiger partial charge >= 0.3 is 0 Å². The van der Waals surface area contributed by atoms with Crippen molar-refractivity contribution in [3.63, 3.8) is 0 Å². The zero-order chi connectivity index (χ0) is 10.6. The van der Waals surface area contributed by atoms with E-state index in [0.29, 0.717) is 5.92 Å². The average Bonchev–Trinajstić information content (AvgIpc) is 2.19. The number of likely N-dealkylation sites (tertiary alicyclic amines) is 1. The minimum absolute atomic E-state index is 0.278. The summed E-state index contributed by atoms with van der Waals surface area (Å²) in [5.41, 5.74) is 0. The van der Waals surface area contributed by atoms with E-state index in [1.54, 1.807) is 4.90 Å². The van der Waals surface area contributed by atoms with Crippen molar-refractivity contribution < 1.29 is 4.79 Å². The van der Waals surface area contributed by atoms with Crippen LogP contribution in [-0.2, 0) is 4.79 Å². The molecule has 0 radical (unpaired) electrons. The van der Waals surface area contributed by atoms with Gasteiger partial charge in [-0.05, 0) is 38.4 Å². The van der Waals surface area contributed by atoms with Crippen molar-refractivity contribution in [1.29, 1.82) is 0 Å². The molecule has 1 heterocycles. The molecule has 1 rings (SSSR count). The van der Waals surface area contributed by atoms with E-state index in [2.05, 4.69) is 11.8 Å². The molecule has 1 amide bonds. The van der Waals surface area contributed by atoms with Crippen molar-refractivity contribution in [2.75, 3.05) is 33.7 Å². The molecule has 14 heavy (non-hydrogen) atoms. The third kappa shape index (κ3) is 3.29. The summed E-state index contributed by atoms with van der Waals surface area (Å²) in [5.74, 6) is 0.896. The number of amides is 1. The van der Waals surface area contributed by atoms with E-state index in [-0.39, 0.29) is 5.91 Å². The first-order valence-electron chi connectivity index (χ1n) is 5.56. The lowest BCUT2D eigenvalue weighted by atomic mass is 9.93. The third-order valence-electron chi connectivity index (χ3n) is 3.12. The van der Waals surface area contributed by atoms with Gasteiger partial charge in [0.05, 0.1) is 0 Å². The molecule has 82 valence electrons. The van der Waals surface area contributed by atoms with Crippen LogP contribution in [0.25, 0.3) is 0 Å². The van der Waals surface area contributed by atoms with Crippen LogP contribution in [0.4, 0.5) is 0 Å². The Morgan fingerprint density at radius 2 is 1.93 bits per heavy atom. The molecule has 0 bridgehead atoms. The average molecular weight is 198 g/mol. The summed E-state index contributed by atoms with van der Waals surface area (Å²) < 4.78 is 0. The molecule has 1 saturated heterocycles. The Bertz CT molecular complexity index is 184. The Balaban J connectivity index is 2.25. The van der Waals surface area contributed by atoms with Crippen LogP contribution in [0.3, 0.4) is 0 Å². The molecule has 3 heteroatoms. The van der Waals surface area contributed by atoms with Crippen LogP contribution in [0, 0.1) is 5.92 Å². The normalized spacial score (nSPS) is 19.6. The van der Waals surface area contributed by atoms with Crippen LogP contribution in [0.1, 0.15) is 26.2 Å². The van der Waals surface area contributed by atoms with Gasteiger partial charge < -0.3 is 9.80 Å². The highest BCUT2D eigenvalue weighted by molar-refractivity contribution is 5.75. The van der Waals surface area contributed by atoms with Crippen LogP contribution < -0.4 is 0 Å². The topological polar surface area (TPSA) is 23.6 Å². The van der Waals surface area contributed by atoms with E-state index < -0.39 is 0 Å². The Labute approximate surface area is 87.1 Å². The number of carbonyl (C=O) groups is 1. The maximum absolute atomic E-state index is 11.5. The predicted molar refractivity (Wildman–Crippen MR) is 58.1 cm³/mol. The molecule has 0 aromatic rings. The van der Waals surface area contributed by atoms with Crippen molar-refractivity contribution in [3.05, 3.63) is 0 Å². The molecule has 3 nitrogen and oxygen atoms in total. The standard InChI is InChI=1S/C11H22N2O/c1-4-13-7-5-10(6-8-13)9-11(14)12(2)3/h10H,4-9H2,1-3H3. The summed E-state index contributed by atoms with van der Waals surface area (Å²) in [5, 5.41) is 0. The predicted octanol–water partition coefficient (Wildman–Crippen LogP) is 1.20. The number of carbonyl (C=O) groups excluding carboxylic acids is 1. The van der Waals surface area contributed by atoms with Gasteiger partial charge in [-0.1, -0.05) is 6.92 Å². The highest BCUT2D eigenvalue weighted by Gasteiger charge is 2.20. The van der Waals surface area contributed by atoms with Gasteiger partial charge in [0.2, 0.25) is 5.91 Å². The number of hydrogen-bond acceptors (Lipinski definition) is 2. The van der Waals surface area contributed by atoms with E-state index in [4.69, 9.17) is 0 Å². The first kappa shape index (κ1) is 11.5. The summed E-state index contributed by atoms with van der Waals surface area (Å²) in [6.45, 7) is 5.68. The highest BCUT2D eigenvalue weighted by atomic mass is 16.2. The monoisotopic (exact) mass is 198 g/mol. The molecule has 0 aromatic heterocycles. The van der Waals surface area contributed by atoms with Crippen molar-refractivity contribution in [3.8, 4) is 0 Å². The van der Waals surface area contributed by atoms with Crippen LogP contribution in [-0.4, -0.2) is 49.4 Å². The van der Waals surface area contributed by atoms with E-state index in [9.17, 15) is 4.79 Å². The van der Waals surface area contributed by atoms with Crippen LogP contribution >= 0.6 is 0 Å². The lowest BCUT2D eigenvalue weighted by Gasteiger charge is -2.31. The molecule has 1 aliphatic rings. The van der Waals surface area contributed by atoms with Crippen LogP contribution in [0.15, 0.2) is 0 Å². The van der Waals surface area contributed by atoms with Gasteiger partial charge in [-0.25, -0.2) is 0 Å². The summed E-state index contributed by atoms with van der Waals surface area (Å²) >= 11 is 0. The molecule has 0 spiro atoms. The molecule has 0 aliphatic carbocycles. The Kier molecular flexibility index (Phi) is 4.39. The van der Waals surface area contributed by atoms with Gasteiger partial charge in [-0.2, -0.15) is 0 Å². The van der Waals surface area contributed by atoms with Gasteiger partial charge in [-0.15, -0.1) is 0 Å². The van der Waals surface area contributed by atoms with Crippen molar-refractivity contribution >= 4 is 5.91 Å². The molecule has 0 saturated carbocycles. The zero-order valence-corrected chi connectivity index (χ0v) is 9.62. The zero-order valence-electron chi connectivity index (χ0n) is 9.62. The molecule has 0 unspecified atom stereocenters. The minimum Gasteiger partial charge on any atom is -0.349 e. The third-order valence-corrected chi connectivity index (χ3v) is 3.12. The van der Waals surface area contributed by atoms with Crippen molar-refractivity contribution in [1.82, 2.24) is 9.80 Å². The van der Waals surface area contributed by atoms with Crippen molar-refractivity contribution in [2.24, 2.45) is 5.92 Å². The lowest BCUT2D eigenvalue weighted by molar-refractivity contribution is -0.130. The van der Waals surface area contributed by atoms with Gasteiger partial charge in [0.15, 0.2) is 0 Å². The van der Waals surface area contributed by atoms with Gasteiger partial charge in [0.25, 0.3) is 0 Å². The molecule has 0 aromatic carbocycles. The Morgan fingerprint density at radius 3 is 2.36 bits per heavy atom. The summed E-state index contributed by atoms with van der Waals surface area (Å²) in [6, 6.07) is 0. The molecule has 0 atom stereocenters. The highest BCUT2D eigenvalue weighted by Crippen LogP contribution is 2.20. The molecule has 1 fully saturated rings. The first-order valence-corrected chi connectivity index (χ1v) is 5.56. The molecule has 0 N–H and O–H groups in total. The van der Waals surface area contributed by atoms with Gasteiger partial charge in [0.1, 0.15) is 0 Å². The molecular formula is C11H22N2O. The van der Waals surface area contributed by atoms with Crippen LogP contribution in [0.5, 0.6) is 0 Å². The van der Waals surface area contributed by atoms with Gasteiger partial charge in [0, 0.05) is 20.5 Å². The second-order valence-corrected chi connectivity index (χ2v) is 4.37. The lowest BCUT2D eigenvalue weighted by Crippen LogP contribution is -2.35. The van der Waals surface area contributed by atoms with Crippen LogP contribution in [0.2, 0.25) is 0 Å². The SMILES string of the molecule is CCN1CCC(CC(=O)N(C)C)CC1. The smallest absolute Gasteiger partial charge is 0.222 e. The van der Waals surface area contributed by atoms with E-state index in [1.165, 1.54) is 25.9 Å². The van der Waals surface area contributed by atoms with E-state index >= 15 is 0 Å². The number of piperidine rings is 1. The number of hydrogen-bond donors (Lipinski definition) is 0. The van der Waals surface area contributed by atoms with Crippen molar-refractivity contribution in [2.45, 2.75) is 26.2 Å². The maximum Gasteiger partial charge on any atom is 0.222 e. The van der Waals surface area contributed by atoms with Gasteiger partial charge in [-0.3, -0.25) is 4.79 Å². The fourth-order valence-electron chi connectivity index (χ4n) is 1.94. The largest absolute Gasteiger partial charge is 0.349 e. The summed E-state index contributed by atoms with van der Waals surface area (Å²) in [6.07, 6.45) is 3.12. The number of rotatable bonds is 3. The Morgan fingerprint density at radius 1 is 1.36 bits per heavy atom. The quantitative estimate of drug-likeness (QED) is 0.680. The number of nitrogens with zero attached hydrogens (tertiary/aromatic N) is 2.